The summed E-state index contributed by atoms with van der Waals surface area (Å²) in [6, 6.07) is 9.79. The standard InChI is InChI=1S/C18H15N7OS/c1-10-9-27-14-3-2-11(8-13(14)25(10)7-5-19)22-15-12-4-6-21-18(12)24-23-16(15)17(20)26/h2-4,6,8H,1,7,9H2,(H2,20,26)(H2,21,22,24). The molecule has 8 nitrogen and oxygen atoms in total. The van der Waals surface area contributed by atoms with E-state index < -0.39 is 5.91 Å². The van der Waals surface area contributed by atoms with Crippen molar-refractivity contribution in [3.63, 3.8) is 0 Å². The van der Waals surface area contributed by atoms with Gasteiger partial charge in [-0.05, 0) is 24.3 Å². The van der Waals surface area contributed by atoms with Crippen LogP contribution in [-0.4, -0.2) is 33.4 Å². The lowest BCUT2D eigenvalue weighted by atomic mass is 10.2. The number of primary amides is 1. The van der Waals surface area contributed by atoms with Crippen molar-refractivity contribution in [2.75, 3.05) is 22.5 Å². The molecular formula is C18H15N7OS. The Morgan fingerprint density at radius 2 is 2.30 bits per heavy atom. The number of fused-ring (bicyclic) bond motifs is 2. The normalized spacial score (nSPS) is 13.3. The van der Waals surface area contributed by atoms with Crippen LogP contribution in [0.2, 0.25) is 0 Å². The maximum atomic E-state index is 11.8. The van der Waals surface area contributed by atoms with Crippen molar-refractivity contribution >= 4 is 45.8 Å². The monoisotopic (exact) mass is 377 g/mol. The number of nitriles is 1. The van der Waals surface area contributed by atoms with Crippen LogP contribution in [0.5, 0.6) is 0 Å². The van der Waals surface area contributed by atoms with E-state index in [1.165, 1.54) is 0 Å². The topological polar surface area (TPSA) is 124 Å². The van der Waals surface area contributed by atoms with Gasteiger partial charge < -0.3 is 20.9 Å². The average molecular weight is 377 g/mol. The summed E-state index contributed by atoms with van der Waals surface area (Å²) < 4.78 is 0. The third-order valence-corrected chi connectivity index (χ3v) is 5.37. The minimum atomic E-state index is -0.666. The number of nitrogens with one attached hydrogen (secondary N) is 2. The average Bonchev–Trinajstić information content (AvgIpc) is 3.13. The van der Waals surface area contributed by atoms with Gasteiger partial charge in [0.05, 0.1) is 17.4 Å². The second kappa shape index (κ2) is 6.66. The molecule has 4 N–H and O–H groups in total. The van der Waals surface area contributed by atoms with Gasteiger partial charge in [0.2, 0.25) is 0 Å². The predicted molar refractivity (Wildman–Crippen MR) is 105 cm³/mol. The zero-order valence-electron chi connectivity index (χ0n) is 14.2. The van der Waals surface area contributed by atoms with Crippen molar-refractivity contribution in [1.29, 1.82) is 5.26 Å². The maximum Gasteiger partial charge on any atom is 0.271 e. The quantitative estimate of drug-likeness (QED) is 0.597. The van der Waals surface area contributed by atoms with Crippen molar-refractivity contribution < 1.29 is 4.79 Å². The van der Waals surface area contributed by atoms with E-state index in [0.717, 1.165) is 27.7 Å². The number of amides is 1. The van der Waals surface area contributed by atoms with Crippen LogP contribution in [0.1, 0.15) is 10.5 Å². The number of nitrogens with zero attached hydrogens (tertiary/aromatic N) is 4. The van der Waals surface area contributed by atoms with Crippen LogP contribution in [0.4, 0.5) is 17.1 Å². The first-order valence-electron chi connectivity index (χ1n) is 8.08. The lowest BCUT2D eigenvalue weighted by Gasteiger charge is -2.31. The second-order valence-electron chi connectivity index (χ2n) is 5.93. The fourth-order valence-electron chi connectivity index (χ4n) is 2.97. The Labute approximate surface area is 159 Å². The predicted octanol–water partition coefficient (Wildman–Crippen LogP) is 2.75. The van der Waals surface area contributed by atoms with Crippen LogP contribution >= 0.6 is 11.8 Å². The van der Waals surface area contributed by atoms with Crippen molar-refractivity contribution in [3.05, 3.63) is 48.4 Å². The second-order valence-corrected chi connectivity index (χ2v) is 6.95. The molecule has 0 bridgehead atoms. The molecule has 1 aliphatic heterocycles. The first-order chi connectivity index (χ1) is 13.1. The Hall–Kier alpha value is -3.51. The number of anilines is 3. The van der Waals surface area contributed by atoms with Crippen LogP contribution < -0.4 is 16.0 Å². The third-order valence-electron chi connectivity index (χ3n) is 4.24. The third kappa shape index (κ3) is 2.96. The first kappa shape index (κ1) is 16.9. The zero-order valence-corrected chi connectivity index (χ0v) is 15.0. The van der Waals surface area contributed by atoms with Crippen LogP contribution in [0.25, 0.3) is 11.0 Å². The molecule has 0 saturated carbocycles. The molecule has 1 aliphatic rings. The minimum absolute atomic E-state index is 0.0625. The summed E-state index contributed by atoms with van der Waals surface area (Å²) in [4.78, 5) is 17.7. The fraction of sp³-hybridized carbons (Fsp3) is 0.111. The molecule has 0 atom stereocenters. The molecule has 0 saturated heterocycles. The molecule has 0 spiro atoms. The first-order valence-corrected chi connectivity index (χ1v) is 9.06. The number of aromatic amines is 1. The fourth-order valence-corrected chi connectivity index (χ4v) is 3.93. The summed E-state index contributed by atoms with van der Waals surface area (Å²) >= 11 is 1.67. The lowest BCUT2D eigenvalue weighted by Crippen LogP contribution is -2.26. The summed E-state index contributed by atoms with van der Waals surface area (Å²) in [6.07, 6.45) is 1.72. The van der Waals surface area contributed by atoms with Gasteiger partial charge in [-0.25, -0.2) is 0 Å². The largest absolute Gasteiger partial charge is 0.364 e. The van der Waals surface area contributed by atoms with Gasteiger partial charge in [0.1, 0.15) is 6.54 Å². The highest BCUT2D eigenvalue weighted by Crippen LogP contribution is 2.40. The van der Waals surface area contributed by atoms with Gasteiger partial charge in [0, 0.05) is 33.6 Å². The van der Waals surface area contributed by atoms with Crippen molar-refractivity contribution in [2.24, 2.45) is 5.73 Å². The number of hydrogen-bond donors (Lipinski definition) is 3. The van der Waals surface area contributed by atoms with E-state index >= 15 is 0 Å². The van der Waals surface area contributed by atoms with Gasteiger partial charge in [0.25, 0.3) is 5.91 Å². The van der Waals surface area contributed by atoms with Gasteiger partial charge in [-0.1, -0.05) is 6.58 Å². The Morgan fingerprint density at radius 3 is 3.07 bits per heavy atom. The molecule has 9 heteroatoms. The molecular weight excluding hydrogens is 362 g/mol. The van der Waals surface area contributed by atoms with E-state index in [2.05, 4.69) is 33.1 Å². The molecule has 3 heterocycles. The molecule has 0 fully saturated rings. The van der Waals surface area contributed by atoms with Crippen LogP contribution in [0.3, 0.4) is 0 Å². The number of carbonyl (C=O) groups is 1. The number of thioether (sulfide) groups is 1. The molecule has 27 heavy (non-hydrogen) atoms. The van der Waals surface area contributed by atoms with Gasteiger partial charge in [-0.3, -0.25) is 4.79 Å². The SMILES string of the molecule is C=C1CSc2ccc(Nc3c(C(N)=O)nnc4[nH]ccc34)cc2N1CC#N. The molecule has 2 aromatic heterocycles. The van der Waals surface area contributed by atoms with Gasteiger partial charge >= 0.3 is 0 Å². The number of H-pyrrole nitrogens is 1. The summed E-state index contributed by atoms with van der Waals surface area (Å²) in [6.45, 7) is 4.27. The molecule has 1 amide bonds. The Bertz CT molecular complexity index is 1110. The summed E-state index contributed by atoms with van der Waals surface area (Å²) in [5, 5.41) is 21.0. The van der Waals surface area contributed by atoms with Gasteiger partial charge in [-0.15, -0.1) is 22.0 Å². The van der Waals surface area contributed by atoms with E-state index in [0.29, 0.717) is 16.7 Å². The Kier molecular flexibility index (Phi) is 4.18. The van der Waals surface area contributed by atoms with E-state index in [1.807, 2.05) is 23.1 Å². The van der Waals surface area contributed by atoms with E-state index in [9.17, 15) is 4.79 Å². The summed E-state index contributed by atoms with van der Waals surface area (Å²) in [5.41, 5.74) is 9.09. The van der Waals surface area contributed by atoms with Gasteiger partial charge in [0.15, 0.2) is 11.3 Å². The van der Waals surface area contributed by atoms with Crippen LogP contribution in [0.15, 0.2) is 47.6 Å². The summed E-state index contributed by atoms with van der Waals surface area (Å²) in [5.74, 6) is 0.0759. The molecule has 4 rings (SSSR count). The number of carbonyl (C=O) groups excluding carboxylic acids is 1. The highest BCUT2D eigenvalue weighted by molar-refractivity contribution is 7.99. The van der Waals surface area contributed by atoms with E-state index in [-0.39, 0.29) is 12.2 Å². The smallest absolute Gasteiger partial charge is 0.271 e. The van der Waals surface area contributed by atoms with E-state index in [4.69, 9.17) is 11.0 Å². The highest BCUT2D eigenvalue weighted by Gasteiger charge is 2.22. The molecule has 0 radical (unpaired) electrons. The number of rotatable bonds is 4. The Morgan fingerprint density at radius 1 is 1.44 bits per heavy atom. The zero-order chi connectivity index (χ0) is 19.0. The minimum Gasteiger partial charge on any atom is -0.364 e. The van der Waals surface area contributed by atoms with Crippen molar-refractivity contribution in [1.82, 2.24) is 15.2 Å². The number of benzene rings is 1. The van der Waals surface area contributed by atoms with Crippen LogP contribution in [0, 0.1) is 11.3 Å². The van der Waals surface area contributed by atoms with E-state index in [1.54, 1.807) is 24.0 Å². The lowest BCUT2D eigenvalue weighted by molar-refractivity contribution is 0.0995. The van der Waals surface area contributed by atoms with Crippen LogP contribution in [-0.2, 0) is 0 Å². The van der Waals surface area contributed by atoms with Gasteiger partial charge in [-0.2, -0.15) is 5.26 Å². The summed E-state index contributed by atoms with van der Waals surface area (Å²) in [7, 11) is 0. The number of hydrogen-bond acceptors (Lipinski definition) is 7. The molecule has 0 unspecified atom stereocenters. The van der Waals surface area contributed by atoms with Crippen molar-refractivity contribution in [2.45, 2.75) is 4.90 Å². The molecule has 3 aromatic rings. The molecule has 134 valence electrons. The number of aromatic nitrogens is 3. The highest BCUT2D eigenvalue weighted by atomic mass is 32.2. The molecule has 1 aromatic carbocycles. The Balaban J connectivity index is 1.79. The maximum absolute atomic E-state index is 11.8. The molecule has 0 aliphatic carbocycles. The van der Waals surface area contributed by atoms with Crippen molar-refractivity contribution in [3.8, 4) is 6.07 Å². The number of nitrogens with two attached hydrogens (primary N) is 1.